The summed E-state index contributed by atoms with van der Waals surface area (Å²) in [6.45, 7) is 2.08. The average molecular weight is 284 g/mol. The van der Waals surface area contributed by atoms with Gasteiger partial charge in [0.2, 0.25) is 0 Å². The van der Waals surface area contributed by atoms with Gasteiger partial charge in [-0.2, -0.15) is 0 Å². The predicted molar refractivity (Wildman–Crippen MR) is 91.8 cm³/mol. The average Bonchev–Trinajstić information content (AvgIpc) is 2.98. The smallest absolute Gasteiger partial charge is 0.136 e. The Morgan fingerprint density at radius 1 is 0.682 bits per heavy atom. The lowest BCUT2D eigenvalue weighted by atomic mass is 9.98. The zero-order valence-corrected chi connectivity index (χ0v) is 12.4. The molecule has 106 valence electrons. The Bertz CT molecular complexity index is 932. The minimum atomic E-state index is 0.917. The molecule has 0 radical (unpaired) electrons. The van der Waals surface area contributed by atoms with E-state index in [0.717, 1.165) is 22.3 Å². The summed E-state index contributed by atoms with van der Waals surface area (Å²) in [6.07, 6.45) is 0. The molecule has 0 fully saturated rings. The van der Waals surface area contributed by atoms with Crippen LogP contribution in [0.4, 0.5) is 0 Å². The molecule has 0 amide bonds. The number of fused-ring (bicyclic) bond motifs is 1. The first kappa shape index (κ1) is 12.9. The third kappa shape index (κ3) is 2.21. The monoisotopic (exact) mass is 284 g/mol. The fraction of sp³-hybridized carbons (Fsp3) is 0.0476. The van der Waals surface area contributed by atoms with Gasteiger partial charge >= 0.3 is 0 Å². The summed E-state index contributed by atoms with van der Waals surface area (Å²) in [7, 11) is 0. The molecule has 22 heavy (non-hydrogen) atoms. The van der Waals surface area contributed by atoms with Crippen LogP contribution in [0.1, 0.15) is 5.56 Å². The highest BCUT2D eigenvalue weighted by atomic mass is 16.3. The van der Waals surface area contributed by atoms with Crippen molar-refractivity contribution >= 4 is 11.0 Å². The molecular weight excluding hydrogens is 268 g/mol. The zero-order chi connectivity index (χ0) is 14.9. The van der Waals surface area contributed by atoms with Crippen molar-refractivity contribution in [3.63, 3.8) is 0 Å². The van der Waals surface area contributed by atoms with Crippen LogP contribution < -0.4 is 0 Å². The number of furan rings is 1. The SMILES string of the molecule is Cc1ccc2cc(-c3ccccc3-c3ccccc3)oc2c1. The molecule has 3 aromatic carbocycles. The lowest BCUT2D eigenvalue weighted by Crippen LogP contribution is -1.82. The maximum atomic E-state index is 6.10. The van der Waals surface area contributed by atoms with E-state index in [1.54, 1.807) is 0 Å². The van der Waals surface area contributed by atoms with Crippen LogP contribution in [0.2, 0.25) is 0 Å². The van der Waals surface area contributed by atoms with Crippen molar-refractivity contribution in [2.24, 2.45) is 0 Å². The summed E-state index contributed by atoms with van der Waals surface area (Å²) in [5.74, 6) is 0.917. The molecule has 0 bridgehead atoms. The van der Waals surface area contributed by atoms with Crippen LogP contribution in [-0.4, -0.2) is 0 Å². The van der Waals surface area contributed by atoms with Crippen molar-refractivity contribution in [1.82, 2.24) is 0 Å². The van der Waals surface area contributed by atoms with E-state index >= 15 is 0 Å². The Hall–Kier alpha value is -2.80. The van der Waals surface area contributed by atoms with Crippen molar-refractivity contribution in [3.05, 3.63) is 84.4 Å². The second kappa shape index (κ2) is 5.19. The van der Waals surface area contributed by atoms with Gasteiger partial charge in [0.15, 0.2) is 0 Å². The van der Waals surface area contributed by atoms with E-state index in [1.807, 2.05) is 6.07 Å². The van der Waals surface area contributed by atoms with Gasteiger partial charge in [0.1, 0.15) is 11.3 Å². The van der Waals surface area contributed by atoms with Gasteiger partial charge in [-0.1, -0.05) is 66.7 Å². The Kier molecular flexibility index (Phi) is 3.05. The molecule has 0 aliphatic carbocycles. The first-order valence-corrected chi connectivity index (χ1v) is 7.46. The zero-order valence-electron chi connectivity index (χ0n) is 12.4. The van der Waals surface area contributed by atoms with Crippen molar-refractivity contribution < 1.29 is 4.42 Å². The molecule has 1 nitrogen and oxygen atoms in total. The number of hydrogen-bond donors (Lipinski definition) is 0. The molecule has 1 aromatic heterocycles. The summed E-state index contributed by atoms with van der Waals surface area (Å²) in [4.78, 5) is 0. The topological polar surface area (TPSA) is 13.1 Å². The standard InChI is InChI=1S/C21H16O/c1-15-11-12-17-14-21(22-20(17)13-15)19-10-6-5-9-18(19)16-7-3-2-4-8-16/h2-14H,1H3. The van der Waals surface area contributed by atoms with Gasteiger partial charge in [-0.15, -0.1) is 0 Å². The van der Waals surface area contributed by atoms with Gasteiger partial charge in [0, 0.05) is 10.9 Å². The quantitative estimate of drug-likeness (QED) is 0.435. The van der Waals surface area contributed by atoms with E-state index in [9.17, 15) is 0 Å². The molecule has 4 rings (SSSR count). The molecule has 0 atom stereocenters. The molecule has 0 spiro atoms. The Balaban J connectivity index is 1.92. The van der Waals surface area contributed by atoms with Gasteiger partial charge in [0.25, 0.3) is 0 Å². The predicted octanol–water partition coefficient (Wildman–Crippen LogP) is 6.08. The van der Waals surface area contributed by atoms with Crippen LogP contribution in [0.15, 0.2) is 83.3 Å². The van der Waals surface area contributed by atoms with Crippen molar-refractivity contribution in [2.75, 3.05) is 0 Å². The van der Waals surface area contributed by atoms with E-state index in [-0.39, 0.29) is 0 Å². The van der Waals surface area contributed by atoms with E-state index in [2.05, 4.69) is 79.7 Å². The molecule has 0 saturated carbocycles. The van der Waals surface area contributed by atoms with Crippen LogP contribution >= 0.6 is 0 Å². The second-order valence-corrected chi connectivity index (χ2v) is 5.56. The number of benzene rings is 3. The first-order valence-electron chi connectivity index (χ1n) is 7.46. The van der Waals surface area contributed by atoms with Gasteiger partial charge in [0.05, 0.1) is 0 Å². The Morgan fingerprint density at radius 3 is 2.23 bits per heavy atom. The van der Waals surface area contributed by atoms with Crippen LogP contribution in [0.3, 0.4) is 0 Å². The van der Waals surface area contributed by atoms with Crippen LogP contribution in [0, 0.1) is 6.92 Å². The number of hydrogen-bond acceptors (Lipinski definition) is 1. The highest BCUT2D eigenvalue weighted by Crippen LogP contribution is 2.35. The van der Waals surface area contributed by atoms with Gasteiger partial charge in [-0.25, -0.2) is 0 Å². The van der Waals surface area contributed by atoms with Gasteiger partial charge in [-0.05, 0) is 35.7 Å². The van der Waals surface area contributed by atoms with Gasteiger partial charge < -0.3 is 4.42 Å². The molecule has 1 heterocycles. The third-order valence-electron chi connectivity index (χ3n) is 3.95. The highest BCUT2D eigenvalue weighted by molar-refractivity contribution is 5.88. The number of rotatable bonds is 2. The minimum absolute atomic E-state index is 0.917. The molecular formula is C21H16O. The van der Waals surface area contributed by atoms with Crippen molar-refractivity contribution in [2.45, 2.75) is 6.92 Å². The van der Waals surface area contributed by atoms with Crippen LogP contribution in [-0.2, 0) is 0 Å². The maximum Gasteiger partial charge on any atom is 0.136 e. The van der Waals surface area contributed by atoms with E-state index in [1.165, 1.54) is 16.7 Å². The summed E-state index contributed by atoms with van der Waals surface area (Å²) in [5, 5.41) is 1.14. The molecule has 0 saturated heterocycles. The van der Waals surface area contributed by atoms with Crippen molar-refractivity contribution in [1.29, 1.82) is 0 Å². The molecule has 1 heteroatoms. The van der Waals surface area contributed by atoms with E-state index in [0.29, 0.717) is 0 Å². The largest absolute Gasteiger partial charge is 0.456 e. The number of aryl methyl sites for hydroxylation is 1. The van der Waals surface area contributed by atoms with Crippen molar-refractivity contribution in [3.8, 4) is 22.5 Å². The third-order valence-corrected chi connectivity index (χ3v) is 3.95. The normalized spacial score (nSPS) is 11.0. The van der Waals surface area contributed by atoms with Crippen LogP contribution in [0.25, 0.3) is 33.4 Å². The highest BCUT2D eigenvalue weighted by Gasteiger charge is 2.11. The summed E-state index contributed by atoms with van der Waals surface area (Å²) in [5.41, 5.74) is 5.68. The molecule has 0 N–H and O–H groups in total. The van der Waals surface area contributed by atoms with Crippen LogP contribution in [0.5, 0.6) is 0 Å². The fourth-order valence-corrected chi connectivity index (χ4v) is 2.84. The van der Waals surface area contributed by atoms with E-state index in [4.69, 9.17) is 4.42 Å². The van der Waals surface area contributed by atoms with Gasteiger partial charge in [-0.3, -0.25) is 0 Å². The molecule has 4 aromatic rings. The Morgan fingerprint density at radius 2 is 1.41 bits per heavy atom. The first-order chi connectivity index (χ1) is 10.8. The summed E-state index contributed by atoms with van der Waals surface area (Å²) >= 11 is 0. The van der Waals surface area contributed by atoms with E-state index < -0.39 is 0 Å². The molecule has 0 aliphatic rings. The molecule has 0 aliphatic heterocycles. The lowest BCUT2D eigenvalue weighted by molar-refractivity contribution is 0.631. The maximum absolute atomic E-state index is 6.10. The summed E-state index contributed by atoms with van der Waals surface area (Å²) < 4.78 is 6.10. The summed E-state index contributed by atoms with van der Waals surface area (Å²) in [6, 6.07) is 27.2. The second-order valence-electron chi connectivity index (χ2n) is 5.56. The fourth-order valence-electron chi connectivity index (χ4n) is 2.84. The minimum Gasteiger partial charge on any atom is -0.456 e. The lowest BCUT2D eigenvalue weighted by Gasteiger charge is -2.07. The Labute approximate surface area is 129 Å². The molecule has 0 unspecified atom stereocenters.